The molecule has 1 N–H and O–H groups in total. The summed E-state index contributed by atoms with van der Waals surface area (Å²) in [4.78, 5) is 49.1. The maximum Gasteiger partial charge on any atom is 0.247 e. The van der Waals surface area contributed by atoms with Crippen LogP contribution in [-0.4, -0.2) is 74.9 Å². The monoisotopic (exact) mass is 601 g/mol. The fourth-order valence-electron chi connectivity index (χ4n) is 7.43. The molecule has 3 fully saturated rings. The van der Waals surface area contributed by atoms with Gasteiger partial charge in [0.15, 0.2) is 0 Å². The van der Waals surface area contributed by atoms with Crippen LogP contribution in [0.2, 0.25) is 0 Å². The Morgan fingerprint density at radius 3 is 2.35 bits per heavy atom. The number of likely N-dealkylation sites (tertiary alicyclic amines) is 1. The molecule has 0 radical (unpaired) electrons. The number of aliphatic hydroxyl groups is 1. The Hall–Kier alpha value is -3.36. The lowest BCUT2D eigenvalue weighted by Crippen LogP contribution is -2.56. The van der Waals surface area contributed by atoms with Gasteiger partial charge in [-0.15, -0.1) is 24.9 Å². The van der Waals surface area contributed by atoms with E-state index >= 15 is 0 Å². The first-order chi connectivity index (χ1) is 20.9. The number of para-hydroxylation sites is 1. The fraction of sp³-hybridized carbons (Fsp3) is 0.457. The second-order valence-corrected chi connectivity index (χ2v) is 13.4. The minimum atomic E-state index is -0.790. The summed E-state index contributed by atoms with van der Waals surface area (Å²) in [6.07, 6.45) is 7.76. The van der Waals surface area contributed by atoms with Crippen LogP contribution >= 0.6 is 11.8 Å². The van der Waals surface area contributed by atoms with Crippen molar-refractivity contribution >= 4 is 35.2 Å². The van der Waals surface area contributed by atoms with Crippen molar-refractivity contribution in [2.75, 3.05) is 31.1 Å². The van der Waals surface area contributed by atoms with Crippen molar-refractivity contribution in [2.45, 2.75) is 61.1 Å². The third-order valence-corrected chi connectivity index (χ3v) is 11.2. The number of carbonyl (C=O) groups is 3. The summed E-state index contributed by atoms with van der Waals surface area (Å²) in [5, 5.41) is 10.7. The van der Waals surface area contributed by atoms with Crippen LogP contribution in [0.1, 0.15) is 50.6 Å². The van der Waals surface area contributed by atoms with E-state index in [0.29, 0.717) is 26.1 Å². The zero-order valence-electron chi connectivity index (χ0n) is 25.0. The number of amides is 3. The molecule has 0 aromatic heterocycles. The second-order valence-electron chi connectivity index (χ2n) is 11.8. The van der Waals surface area contributed by atoms with Crippen LogP contribution in [0, 0.1) is 11.8 Å². The highest BCUT2D eigenvalue weighted by molar-refractivity contribution is 8.02. The summed E-state index contributed by atoms with van der Waals surface area (Å²) < 4.78 is -0.748. The van der Waals surface area contributed by atoms with Crippen LogP contribution in [0.4, 0.5) is 5.69 Å². The van der Waals surface area contributed by atoms with Crippen LogP contribution in [0.15, 0.2) is 86.0 Å². The Bertz CT molecular complexity index is 1320. The highest BCUT2D eigenvalue weighted by Crippen LogP contribution is 2.67. The molecule has 3 aliphatic heterocycles. The zero-order valence-corrected chi connectivity index (χ0v) is 25.8. The highest BCUT2D eigenvalue weighted by atomic mass is 32.2. The number of nitrogens with zero attached hydrogens (tertiary/aromatic N) is 3. The van der Waals surface area contributed by atoms with E-state index in [1.165, 1.54) is 0 Å². The number of aliphatic hydroxyl groups excluding tert-OH is 1. The maximum absolute atomic E-state index is 14.8. The third kappa shape index (κ3) is 5.55. The maximum atomic E-state index is 14.8. The molecule has 3 aliphatic rings. The summed E-state index contributed by atoms with van der Waals surface area (Å²) in [5.74, 6) is -1.67. The summed E-state index contributed by atoms with van der Waals surface area (Å²) >= 11 is 1.66. The number of carbonyl (C=O) groups excluding carboxylic acids is 3. The molecule has 228 valence electrons. The molecule has 0 saturated carbocycles. The van der Waals surface area contributed by atoms with E-state index < -0.39 is 28.7 Å². The molecule has 2 aromatic rings. The topological polar surface area (TPSA) is 81.2 Å². The van der Waals surface area contributed by atoms with Crippen molar-refractivity contribution in [3.05, 3.63) is 91.5 Å². The second kappa shape index (κ2) is 13.5. The molecule has 8 heteroatoms. The van der Waals surface area contributed by atoms with Gasteiger partial charge in [0.05, 0.1) is 29.2 Å². The minimum Gasteiger partial charge on any atom is -0.394 e. The fourth-order valence-corrected chi connectivity index (χ4v) is 9.62. The lowest BCUT2D eigenvalue weighted by Gasteiger charge is -2.40. The Labute approximate surface area is 259 Å². The molecule has 3 heterocycles. The summed E-state index contributed by atoms with van der Waals surface area (Å²) in [5.41, 5.74) is 1.53. The summed E-state index contributed by atoms with van der Waals surface area (Å²) in [6.45, 7) is 10.9. The molecule has 3 amide bonds. The van der Waals surface area contributed by atoms with Crippen molar-refractivity contribution in [3.8, 4) is 0 Å². The molecule has 5 rings (SSSR count). The number of anilines is 1. The molecule has 6 atom stereocenters. The third-order valence-electron chi connectivity index (χ3n) is 9.29. The number of hydrogen-bond acceptors (Lipinski definition) is 5. The molecule has 2 aromatic carbocycles. The molecule has 2 unspecified atom stereocenters. The first-order valence-corrected chi connectivity index (χ1v) is 16.3. The van der Waals surface area contributed by atoms with Gasteiger partial charge >= 0.3 is 0 Å². The van der Waals surface area contributed by atoms with Gasteiger partial charge in [-0.1, -0.05) is 80.4 Å². The van der Waals surface area contributed by atoms with Crippen LogP contribution in [0.25, 0.3) is 0 Å². The first-order valence-electron chi connectivity index (χ1n) is 15.5. The number of rotatable bonds is 14. The minimum absolute atomic E-state index is 0.0628. The van der Waals surface area contributed by atoms with E-state index in [-0.39, 0.29) is 29.6 Å². The van der Waals surface area contributed by atoms with Gasteiger partial charge in [-0.2, -0.15) is 0 Å². The Kier molecular flexibility index (Phi) is 9.77. The van der Waals surface area contributed by atoms with E-state index in [0.717, 1.165) is 36.9 Å². The normalized spacial score (nSPS) is 26.2. The lowest BCUT2D eigenvalue weighted by atomic mass is 9.70. The summed E-state index contributed by atoms with van der Waals surface area (Å²) in [7, 11) is 0. The van der Waals surface area contributed by atoms with Crippen molar-refractivity contribution in [1.29, 1.82) is 0 Å². The Morgan fingerprint density at radius 2 is 1.72 bits per heavy atom. The predicted octanol–water partition coefficient (Wildman–Crippen LogP) is 5.24. The van der Waals surface area contributed by atoms with Gasteiger partial charge in [-0.3, -0.25) is 14.4 Å². The van der Waals surface area contributed by atoms with E-state index in [1.54, 1.807) is 33.7 Å². The van der Waals surface area contributed by atoms with E-state index in [1.807, 2.05) is 65.6 Å². The summed E-state index contributed by atoms with van der Waals surface area (Å²) in [6, 6.07) is 17.4. The van der Waals surface area contributed by atoms with E-state index in [2.05, 4.69) is 20.1 Å². The van der Waals surface area contributed by atoms with Gasteiger partial charge in [-0.05, 0) is 37.0 Å². The molecule has 0 aliphatic carbocycles. The average Bonchev–Trinajstić information content (AvgIpc) is 3.68. The zero-order chi connectivity index (χ0) is 30.6. The quantitative estimate of drug-likeness (QED) is 0.237. The number of fused-ring (bicyclic) bond motifs is 1. The highest BCUT2D eigenvalue weighted by Gasteiger charge is 2.74. The van der Waals surface area contributed by atoms with Crippen LogP contribution in [0.3, 0.4) is 0 Å². The number of benzene rings is 2. The van der Waals surface area contributed by atoms with Crippen LogP contribution in [0.5, 0.6) is 0 Å². The molecule has 3 saturated heterocycles. The Balaban J connectivity index is 1.59. The number of unbranched alkanes of at least 4 members (excludes halogenated alkanes) is 2. The largest absolute Gasteiger partial charge is 0.394 e. The SMILES string of the molecule is C=CCN(CCCCC)C(=O)C1N([C@H](CO)c2ccccc2)C(=O)[C@@H]2[C@@H](C(=O)N(CC=C)c3ccccc3)[C@H]3CCC12S3. The number of hydrogen-bond donors (Lipinski definition) is 1. The van der Waals surface area contributed by atoms with Crippen molar-refractivity contribution in [1.82, 2.24) is 9.80 Å². The lowest BCUT2D eigenvalue weighted by molar-refractivity contribution is -0.145. The van der Waals surface area contributed by atoms with Crippen molar-refractivity contribution in [3.63, 3.8) is 0 Å². The predicted molar refractivity (Wildman–Crippen MR) is 173 cm³/mol. The Morgan fingerprint density at radius 1 is 1.05 bits per heavy atom. The molecular weight excluding hydrogens is 558 g/mol. The molecule has 7 nitrogen and oxygen atoms in total. The van der Waals surface area contributed by atoms with Crippen molar-refractivity contribution in [2.24, 2.45) is 11.8 Å². The molecule has 2 bridgehead atoms. The standard InChI is InChI=1S/C35H43N3O4S/c1-4-7-14-23-36(21-5-2)34(42)31-35-20-19-28(43-35)29(32(40)37(22-6-3)26-17-12-9-13-18-26)30(35)33(41)38(31)27(24-39)25-15-10-8-11-16-25/h5-6,8-13,15-18,27-31,39H,2-4,7,14,19-24H2,1H3/t27-,28-,29+,30+,31?,35?/m1/s1. The molecular formula is C35H43N3O4S. The van der Waals surface area contributed by atoms with Gasteiger partial charge in [0, 0.05) is 30.6 Å². The molecule has 1 spiro atoms. The van der Waals surface area contributed by atoms with Gasteiger partial charge in [0.1, 0.15) is 6.04 Å². The van der Waals surface area contributed by atoms with E-state index in [9.17, 15) is 19.5 Å². The van der Waals surface area contributed by atoms with Gasteiger partial charge in [0.25, 0.3) is 0 Å². The average molecular weight is 602 g/mol. The molecule has 43 heavy (non-hydrogen) atoms. The van der Waals surface area contributed by atoms with Gasteiger partial charge in [-0.25, -0.2) is 0 Å². The smallest absolute Gasteiger partial charge is 0.247 e. The van der Waals surface area contributed by atoms with E-state index in [4.69, 9.17) is 0 Å². The number of thioether (sulfide) groups is 1. The van der Waals surface area contributed by atoms with Crippen LogP contribution in [-0.2, 0) is 14.4 Å². The van der Waals surface area contributed by atoms with Crippen molar-refractivity contribution < 1.29 is 19.5 Å². The van der Waals surface area contributed by atoms with Gasteiger partial charge < -0.3 is 19.8 Å². The van der Waals surface area contributed by atoms with Crippen LogP contribution < -0.4 is 4.90 Å². The van der Waals surface area contributed by atoms with Gasteiger partial charge in [0.2, 0.25) is 17.7 Å². The first kappa shape index (κ1) is 31.1.